The Bertz CT molecular complexity index is 1540. The van der Waals surface area contributed by atoms with Gasteiger partial charge in [-0.15, -0.1) is 0 Å². The number of fused-ring (bicyclic) bond motifs is 1. The van der Waals surface area contributed by atoms with Gasteiger partial charge < -0.3 is 20.3 Å². The van der Waals surface area contributed by atoms with E-state index in [9.17, 15) is 18.0 Å². The highest BCUT2D eigenvalue weighted by Crippen LogP contribution is 2.31. The maximum atomic E-state index is 13.2. The molecule has 12 heteroatoms. The predicted molar refractivity (Wildman–Crippen MR) is 151 cm³/mol. The summed E-state index contributed by atoms with van der Waals surface area (Å²) in [4.78, 5) is 36.6. The zero-order valence-electron chi connectivity index (χ0n) is 22.2. The zero-order valence-corrected chi connectivity index (χ0v) is 23.8. The lowest BCUT2D eigenvalue weighted by Gasteiger charge is -2.23. The van der Waals surface area contributed by atoms with Crippen LogP contribution in [-0.2, 0) is 25.9 Å². The molecular formula is C28H30ClN5O5S. The fourth-order valence-corrected chi connectivity index (χ4v) is 5.68. The SMILES string of the molecule is CC(NC(=O)CN1Cc2ccc(-c3nc(NC4CCOCC4)ncc3Cl)cc2C1=O)c1ccc(S(C)(=O)=O)cc1. The van der Waals surface area contributed by atoms with Crippen LogP contribution in [0.15, 0.2) is 53.6 Å². The summed E-state index contributed by atoms with van der Waals surface area (Å²) in [5.74, 6) is -0.0943. The lowest BCUT2D eigenvalue weighted by atomic mass is 10.0. The average molecular weight is 584 g/mol. The number of amides is 2. The van der Waals surface area contributed by atoms with E-state index < -0.39 is 9.84 Å². The third-order valence-electron chi connectivity index (χ3n) is 7.08. The molecule has 10 nitrogen and oxygen atoms in total. The smallest absolute Gasteiger partial charge is 0.254 e. The van der Waals surface area contributed by atoms with Crippen LogP contribution in [0.4, 0.5) is 5.95 Å². The van der Waals surface area contributed by atoms with Crippen molar-refractivity contribution < 1.29 is 22.7 Å². The van der Waals surface area contributed by atoms with Gasteiger partial charge in [-0.05, 0) is 49.1 Å². The van der Waals surface area contributed by atoms with Gasteiger partial charge in [-0.25, -0.2) is 18.4 Å². The molecule has 1 unspecified atom stereocenters. The van der Waals surface area contributed by atoms with Crippen molar-refractivity contribution in [1.29, 1.82) is 0 Å². The molecule has 0 radical (unpaired) electrons. The average Bonchev–Trinajstić information content (AvgIpc) is 3.24. The fraction of sp³-hybridized carbons (Fsp3) is 0.357. The van der Waals surface area contributed by atoms with Gasteiger partial charge >= 0.3 is 0 Å². The largest absolute Gasteiger partial charge is 0.381 e. The molecule has 2 amide bonds. The van der Waals surface area contributed by atoms with Crippen molar-refractivity contribution in [3.05, 3.63) is 70.4 Å². The van der Waals surface area contributed by atoms with Crippen molar-refractivity contribution in [2.45, 2.75) is 43.3 Å². The monoisotopic (exact) mass is 583 g/mol. The first-order chi connectivity index (χ1) is 19.1. The van der Waals surface area contributed by atoms with E-state index in [4.69, 9.17) is 16.3 Å². The number of benzene rings is 2. The maximum Gasteiger partial charge on any atom is 0.254 e. The Morgan fingerprint density at radius 1 is 1.18 bits per heavy atom. The molecule has 3 aromatic rings. The molecule has 0 saturated carbocycles. The van der Waals surface area contributed by atoms with Crippen molar-refractivity contribution in [2.75, 3.05) is 31.3 Å². The normalized spacial score (nSPS) is 16.5. The number of carbonyl (C=O) groups is 2. The van der Waals surface area contributed by atoms with Gasteiger partial charge in [0.25, 0.3) is 5.91 Å². The van der Waals surface area contributed by atoms with Crippen LogP contribution in [0.25, 0.3) is 11.3 Å². The van der Waals surface area contributed by atoms with Crippen LogP contribution in [-0.4, -0.2) is 67.2 Å². The lowest BCUT2D eigenvalue weighted by molar-refractivity contribution is -0.122. The van der Waals surface area contributed by atoms with E-state index in [1.54, 1.807) is 31.3 Å². The second kappa shape index (κ2) is 11.5. The quantitative estimate of drug-likeness (QED) is 0.411. The number of hydrogen-bond acceptors (Lipinski definition) is 8. The fourth-order valence-electron chi connectivity index (χ4n) is 4.85. The highest BCUT2D eigenvalue weighted by atomic mass is 35.5. The number of hydrogen-bond donors (Lipinski definition) is 2. The maximum absolute atomic E-state index is 13.2. The molecule has 0 bridgehead atoms. The van der Waals surface area contributed by atoms with Crippen molar-refractivity contribution in [1.82, 2.24) is 20.2 Å². The Labute approximate surface area is 238 Å². The number of carbonyl (C=O) groups excluding carboxylic acids is 2. The second-order valence-corrected chi connectivity index (χ2v) is 12.5. The molecule has 2 aliphatic heterocycles. The van der Waals surface area contributed by atoms with Crippen LogP contribution in [0.1, 0.15) is 47.3 Å². The van der Waals surface area contributed by atoms with E-state index in [-0.39, 0.29) is 35.3 Å². The van der Waals surface area contributed by atoms with Crippen molar-refractivity contribution in [3.63, 3.8) is 0 Å². The minimum Gasteiger partial charge on any atom is -0.381 e. The third kappa shape index (κ3) is 6.27. The van der Waals surface area contributed by atoms with E-state index in [1.807, 2.05) is 12.1 Å². The third-order valence-corrected chi connectivity index (χ3v) is 8.49. The van der Waals surface area contributed by atoms with Gasteiger partial charge in [0.1, 0.15) is 6.54 Å². The van der Waals surface area contributed by atoms with Crippen molar-refractivity contribution in [3.8, 4) is 11.3 Å². The lowest BCUT2D eigenvalue weighted by Crippen LogP contribution is -2.38. The molecule has 0 spiro atoms. The Hall–Kier alpha value is -3.54. The Kier molecular flexibility index (Phi) is 8.07. The second-order valence-electron chi connectivity index (χ2n) is 10.1. The van der Waals surface area contributed by atoms with Gasteiger partial charge in [-0.2, -0.15) is 0 Å². The molecule has 3 heterocycles. The Balaban J connectivity index is 1.24. The molecule has 0 aliphatic carbocycles. The number of anilines is 1. The minimum absolute atomic E-state index is 0.109. The molecule has 1 saturated heterocycles. The number of nitrogens with zero attached hydrogens (tertiary/aromatic N) is 3. The summed E-state index contributed by atoms with van der Waals surface area (Å²) < 4.78 is 28.8. The number of halogens is 1. The highest BCUT2D eigenvalue weighted by molar-refractivity contribution is 7.90. The van der Waals surface area contributed by atoms with E-state index in [1.165, 1.54) is 17.0 Å². The summed E-state index contributed by atoms with van der Waals surface area (Å²) >= 11 is 6.44. The van der Waals surface area contributed by atoms with Crippen LogP contribution in [0.2, 0.25) is 5.02 Å². The summed E-state index contributed by atoms with van der Waals surface area (Å²) in [5.41, 5.74) is 3.29. The molecule has 1 aromatic heterocycles. The summed E-state index contributed by atoms with van der Waals surface area (Å²) in [6.07, 6.45) is 4.43. The van der Waals surface area contributed by atoms with Gasteiger partial charge in [0.2, 0.25) is 11.9 Å². The Morgan fingerprint density at radius 3 is 2.60 bits per heavy atom. The first-order valence-corrected chi connectivity index (χ1v) is 15.2. The standard InChI is InChI=1S/C28H30ClN5O5S/c1-17(18-5-7-22(8-6-18)40(2,37)38)31-25(35)16-34-15-20-4-3-19(13-23(20)27(34)36)26-24(29)14-30-28(33-26)32-21-9-11-39-12-10-21/h3-8,13-14,17,21H,9-12,15-16H2,1-2H3,(H,31,35)(H,30,32,33). The summed E-state index contributed by atoms with van der Waals surface area (Å²) in [5, 5.41) is 6.59. The van der Waals surface area contributed by atoms with E-state index in [0.29, 0.717) is 47.6 Å². The molecule has 1 atom stereocenters. The molecule has 5 rings (SSSR count). The number of nitrogens with one attached hydrogen (secondary N) is 2. The van der Waals surface area contributed by atoms with Crippen LogP contribution in [0.3, 0.4) is 0 Å². The van der Waals surface area contributed by atoms with Gasteiger partial charge in [-0.1, -0.05) is 35.9 Å². The van der Waals surface area contributed by atoms with Gasteiger partial charge in [-0.3, -0.25) is 9.59 Å². The first-order valence-electron chi connectivity index (χ1n) is 13.0. The molecule has 2 N–H and O–H groups in total. The highest BCUT2D eigenvalue weighted by Gasteiger charge is 2.30. The molecular weight excluding hydrogens is 554 g/mol. The minimum atomic E-state index is -3.30. The molecule has 2 aliphatic rings. The van der Waals surface area contributed by atoms with Crippen molar-refractivity contribution >= 4 is 39.2 Å². The molecule has 2 aromatic carbocycles. The summed E-state index contributed by atoms with van der Waals surface area (Å²) in [6.45, 7) is 3.39. The van der Waals surface area contributed by atoms with Gasteiger partial charge in [0, 0.05) is 43.2 Å². The predicted octanol–water partition coefficient (Wildman–Crippen LogP) is 3.62. The van der Waals surface area contributed by atoms with E-state index in [2.05, 4.69) is 20.6 Å². The number of ether oxygens (including phenoxy) is 1. The zero-order chi connectivity index (χ0) is 28.4. The first kappa shape index (κ1) is 28.0. The molecule has 1 fully saturated rings. The topological polar surface area (TPSA) is 131 Å². The Morgan fingerprint density at radius 2 is 1.90 bits per heavy atom. The molecule has 210 valence electrons. The van der Waals surface area contributed by atoms with Crippen LogP contribution in [0.5, 0.6) is 0 Å². The van der Waals surface area contributed by atoms with Crippen molar-refractivity contribution in [2.24, 2.45) is 0 Å². The van der Waals surface area contributed by atoms with Crippen LogP contribution < -0.4 is 10.6 Å². The van der Waals surface area contributed by atoms with E-state index >= 15 is 0 Å². The van der Waals surface area contributed by atoms with Gasteiger partial charge in [0.05, 0.1) is 27.9 Å². The molecule has 40 heavy (non-hydrogen) atoms. The van der Waals surface area contributed by atoms with E-state index in [0.717, 1.165) is 30.2 Å². The van der Waals surface area contributed by atoms with Gasteiger partial charge in [0.15, 0.2) is 9.84 Å². The van der Waals surface area contributed by atoms with Crippen LogP contribution in [0, 0.1) is 0 Å². The summed E-state index contributed by atoms with van der Waals surface area (Å²) in [7, 11) is -3.30. The van der Waals surface area contributed by atoms with Crippen LogP contribution >= 0.6 is 11.6 Å². The number of aromatic nitrogens is 2. The number of sulfone groups is 1. The number of rotatable bonds is 8. The summed E-state index contributed by atoms with van der Waals surface area (Å²) in [6, 6.07) is 11.7.